The molecule has 1 atom stereocenters. The molecule has 0 bridgehead atoms. The van der Waals surface area contributed by atoms with Gasteiger partial charge < -0.3 is 10.2 Å². The van der Waals surface area contributed by atoms with Gasteiger partial charge in [-0.2, -0.15) is 0 Å². The van der Waals surface area contributed by atoms with Crippen molar-refractivity contribution in [2.45, 2.75) is 78.8 Å². The molecule has 2 amide bonds. The first-order valence-corrected chi connectivity index (χ1v) is 11.6. The summed E-state index contributed by atoms with van der Waals surface area (Å²) in [5.41, 5.74) is 4.65. The highest BCUT2D eigenvalue weighted by molar-refractivity contribution is 5.87. The fourth-order valence-corrected chi connectivity index (χ4v) is 3.76. The summed E-state index contributed by atoms with van der Waals surface area (Å²) < 4.78 is 0. The van der Waals surface area contributed by atoms with Crippen LogP contribution in [0.25, 0.3) is 0 Å². The van der Waals surface area contributed by atoms with Crippen molar-refractivity contribution in [2.75, 3.05) is 6.54 Å². The Balaban J connectivity index is 2.16. The van der Waals surface area contributed by atoms with Gasteiger partial charge in [0.15, 0.2) is 0 Å². The molecule has 1 unspecified atom stereocenters. The van der Waals surface area contributed by atoms with E-state index in [0.29, 0.717) is 38.3 Å². The second-order valence-corrected chi connectivity index (χ2v) is 8.62. The zero-order valence-electron chi connectivity index (χ0n) is 19.8. The van der Waals surface area contributed by atoms with E-state index in [1.807, 2.05) is 39.0 Å². The minimum atomic E-state index is -0.456. The summed E-state index contributed by atoms with van der Waals surface area (Å²) in [6.45, 7) is 11.5. The molecule has 0 spiro atoms. The van der Waals surface area contributed by atoms with Gasteiger partial charge in [0.25, 0.3) is 0 Å². The van der Waals surface area contributed by atoms with Crippen LogP contribution in [0.5, 0.6) is 0 Å². The Morgan fingerprint density at radius 3 is 2.29 bits per heavy atom. The van der Waals surface area contributed by atoms with Gasteiger partial charge in [0.2, 0.25) is 11.8 Å². The average molecular weight is 423 g/mol. The van der Waals surface area contributed by atoms with Gasteiger partial charge in [-0.3, -0.25) is 9.59 Å². The van der Waals surface area contributed by atoms with E-state index in [2.05, 4.69) is 49.5 Å². The van der Waals surface area contributed by atoms with Gasteiger partial charge in [-0.15, -0.1) is 0 Å². The molecule has 2 aromatic carbocycles. The summed E-state index contributed by atoms with van der Waals surface area (Å²) in [6.07, 6.45) is 2.54. The van der Waals surface area contributed by atoms with Crippen molar-refractivity contribution in [1.82, 2.24) is 10.2 Å². The lowest BCUT2D eigenvalue weighted by Gasteiger charge is -2.31. The molecule has 0 aromatic heterocycles. The molecule has 2 rings (SSSR count). The minimum absolute atomic E-state index is 0.0212. The van der Waals surface area contributed by atoms with Gasteiger partial charge in [0.1, 0.15) is 6.04 Å². The summed E-state index contributed by atoms with van der Waals surface area (Å²) in [5, 5.41) is 2.97. The van der Waals surface area contributed by atoms with E-state index in [-0.39, 0.29) is 11.8 Å². The highest BCUT2D eigenvalue weighted by Crippen LogP contribution is 2.18. The van der Waals surface area contributed by atoms with Crippen molar-refractivity contribution < 1.29 is 9.59 Å². The molecule has 0 fully saturated rings. The standard InChI is InChI=1S/C27H38N2O2/c1-6-17-28-27(31)25(7-2)29(19-23-10-8-9-21(5)18-23)26(30)16-13-22-11-14-24(15-12-22)20(3)4/h8-12,14-15,18,20,25H,6-7,13,16-17,19H2,1-5H3,(H,28,31). The first kappa shape index (κ1) is 24.6. The van der Waals surface area contributed by atoms with E-state index in [1.165, 1.54) is 5.56 Å². The topological polar surface area (TPSA) is 49.4 Å². The molecule has 0 saturated heterocycles. The second kappa shape index (κ2) is 12.3. The highest BCUT2D eigenvalue weighted by Gasteiger charge is 2.28. The van der Waals surface area contributed by atoms with E-state index >= 15 is 0 Å². The minimum Gasteiger partial charge on any atom is -0.354 e. The lowest BCUT2D eigenvalue weighted by Crippen LogP contribution is -2.49. The first-order valence-electron chi connectivity index (χ1n) is 11.6. The maximum absolute atomic E-state index is 13.3. The Bertz CT molecular complexity index is 843. The predicted molar refractivity (Wildman–Crippen MR) is 128 cm³/mol. The predicted octanol–water partition coefficient (Wildman–Crippen LogP) is 5.38. The van der Waals surface area contributed by atoms with Crippen LogP contribution >= 0.6 is 0 Å². The Labute approximate surface area is 188 Å². The Morgan fingerprint density at radius 2 is 1.71 bits per heavy atom. The number of rotatable bonds is 11. The molecule has 4 heteroatoms. The van der Waals surface area contributed by atoms with Gasteiger partial charge in [0, 0.05) is 19.5 Å². The molecule has 168 valence electrons. The Kier molecular flexibility index (Phi) is 9.77. The van der Waals surface area contributed by atoms with Crippen molar-refractivity contribution >= 4 is 11.8 Å². The summed E-state index contributed by atoms with van der Waals surface area (Å²) in [5.74, 6) is 0.451. The first-order chi connectivity index (χ1) is 14.8. The summed E-state index contributed by atoms with van der Waals surface area (Å²) in [6, 6.07) is 16.2. The van der Waals surface area contributed by atoms with Gasteiger partial charge in [0.05, 0.1) is 0 Å². The molecule has 0 saturated carbocycles. The van der Waals surface area contributed by atoms with E-state index in [0.717, 1.165) is 23.1 Å². The van der Waals surface area contributed by atoms with Crippen molar-refractivity contribution in [3.05, 3.63) is 70.8 Å². The molecule has 0 radical (unpaired) electrons. The van der Waals surface area contributed by atoms with Gasteiger partial charge in [-0.1, -0.05) is 81.8 Å². The lowest BCUT2D eigenvalue weighted by atomic mass is 10.00. The number of amides is 2. The zero-order chi connectivity index (χ0) is 22.8. The number of carbonyl (C=O) groups excluding carboxylic acids is 2. The molecule has 0 aliphatic heterocycles. The van der Waals surface area contributed by atoms with E-state index in [4.69, 9.17) is 0 Å². The normalized spacial score (nSPS) is 11.9. The van der Waals surface area contributed by atoms with Crippen LogP contribution in [0.15, 0.2) is 48.5 Å². The number of aryl methyl sites for hydroxylation is 2. The van der Waals surface area contributed by atoms with Crippen molar-refractivity contribution in [2.24, 2.45) is 0 Å². The molecule has 1 N–H and O–H groups in total. The zero-order valence-corrected chi connectivity index (χ0v) is 19.8. The van der Waals surface area contributed by atoms with Crippen molar-refractivity contribution in [3.8, 4) is 0 Å². The van der Waals surface area contributed by atoms with Crippen molar-refractivity contribution in [1.29, 1.82) is 0 Å². The molecule has 0 aliphatic rings. The molecule has 2 aromatic rings. The summed E-state index contributed by atoms with van der Waals surface area (Å²) in [4.78, 5) is 27.9. The molecular weight excluding hydrogens is 384 g/mol. The number of carbonyl (C=O) groups is 2. The maximum atomic E-state index is 13.3. The third-order valence-corrected chi connectivity index (χ3v) is 5.64. The maximum Gasteiger partial charge on any atom is 0.242 e. The highest BCUT2D eigenvalue weighted by atomic mass is 16.2. The molecule has 0 heterocycles. The van der Waals surface area contributed by atoms with Crippen molar-refractivity contribution in [3.63, 3.8) is 0 Å². The van der Waals surface area contributed by atoms with E-state index < -0.39 is 6.04 Å². The van der Waals surface area contributed by atoms with Gasteiger partial charge >= 0.3 is 0 Å². The second-order valence-electron chi connectivity index (χ2n) is 8.62. The van der Waals surface area contributed by atoms with Crippen LogP contribution in [0.1, 0.15) is 75.1 Å². The van der Waals surface area contributed by atoms with Crippen LogP contribution < -0.4 is 5.32 Å². The van der Waals surface area contributed by atoms with Crippen LogP contribution in [-0.2, 0) is 22.6 Å². The van der Waals surface area contributed by atoms with E-state index in [1.54, 1.807) is 4.90 Å². The van der Waals surface area contributed by atoms with Gasteiger partial charge in [-0.25, -0.2) is 0 Å². The third-order valence-electron chi connectivity index (χ3n) is 5.64. The Hall–Kier alpha value is -2.62. The van der Waals surface area contributed by atoms with Crippen LogP contribution in [-0.4, -0.2) is 29.3 Å². The molecule has 0 aliphatic carbocycles. The van der Waals surface area contributed by atoms with Crippen LogP contribution in [0.2, 0.25) is 0 Å². The monoisotopic (exact) mass is 422 g/mol. The van der Waals surface area contributed by atoms with Gasteiger partial charge in [-0.05, 0) is 48.8 Å². The fourth-order valence-electron chi connectivity index (χ4n) is 3.76. The SMILES string of the molecule is CCCNC(=O)C(CC)N(Cc1cccc(C)c1)C(=O)CCc1ccc(C(C)C)cc1. The van der Waals surface area contributed by atoms with Crippen LogP contribution in [0.3, 0.4) is 0 Å². The third kappa shape index (κ3) is 7.54. The molecule has 31 heavy (non-hydrogen) atoms. The Morgan fingerprint density at radius 1 is 1.00 bits per heavy atom. The number of hydrogen-bond acceptors (Lipinski definition) is 2. The quantitative estimate of drug-likeness (QED) is 0.528. The summed E-state index contributed by atoms with van der Waals surface area (Å²) in [7, 11) is 0. The number of nitrogens with zero attached hydrogens (tertiary/aromatic N) is 1. The fraction of sp³-hybridized carbons (Fsp3) is 0.481. The average Bonchev–Trinajstić information content (AvgIpc) is 2.76. The van der Waals surface area contributed by atoms with E-state index in [9.17, 15) is 9.59 Å². The molecule has 4 nitrogen and oxygen atoms in total. The number of nitrogens with one attached hydrogen (secondary N) is 1. The number of benzene rings is 2. The largest absolute Gasteiger partial charge is 0.354 e. The molecular formula is C27H38N2O2. The van der Waals surface area contributed by atoms with Crippen LogP contribution in [0.4, 0.5) is 0 Å². The summed E-state index contributed by atoms with van der Waals surface area (Å²) >= 11 is 0. The smallest absolute Gasteiger partial charge is 0.242 e. The lowest BCUT2D eigenvalue weighted by molar-refractivity contribution is -0.141. The van der Waals surface area contributed by atoms with Crippen LogP contribution in [0, 0.1) is 6.92 Å². The number of hydrogen-bond donors (Lipinski definition) is 1.